The molecule has 25 heavy (non-hydrogen) atoms. The number of aliphatic hydroxyl groups excluding tert-OH is 1. The van der Waals surface area contributed by atoms with Crippen LogP contribution in [0.4, 0.5) is 0 Å². The lowest BCUT2D eigenvalue weighted by molar-refractivity contribution is 0.0592. The fourth-order valence-electron chi connectivity index (χ4n) is 2.96. The molecular weight excluding hydrogens is 340 g/mol. The number of H-pyrrole nitrogens is 1. The predicted molar refractivity (Wildman–Crippen MR) is 98.7 cm³/mol. The van der Waals surface area contributed by atoms with Crippen molar-refractivity contribution in [3.63, 3.8) is 0 Å². The van der Waals surface area contributed by atoms with Gasteiger partial charge in [-0.3, -0.25) is 9.89 Å². The second kappa shape index (κ2) is 8.99. The van der Waals surface area contributed by atoms with Gasteiger partial charge in [0.2, 0.25) is 0 Å². The van der Waals surface area contributed by atoms with Crippen LogP contribution in [0.2, 0.25) is 0 Å². The normalized spacial score (nSPS) is 14.3. The van der Waals surface area contributed by atoms with Crippen molar-refractivity contribution in [3.05, 3.63) is 52.8 Å². The molecule has 1 aromatic carbocycles. The number of carbonyl (C=O) groups excluding carboxylic acids is 1. The lowest BCUT2D eigenvalue weighted by Gasteiger charge is -2.25. The van der Waals surface area contributed by atoms with Gasteiger partial charge in [0, 0.05) is 43.9 Å². The Kier molecular flexibility index (Phi) is 6.99. The van der Waals surface area contributed by atoms with Crippen molar-refractivity contribution in [2.45, 2.75) is 39.0 Å². The van der Waals surface area contributed by atoms with Crippen molar-refractivity contribution in [3.8, 4) is 0 Å². The van der Waals surface area contributed by atoms with E-state index in [1.807, 2.05) is 37.3 Å². The molecule has 1 aliphatic rings. The molecule has 1 aromatic heterocycles. The number of nitrogens with zero attached hydrogens (tertiary/aromatic N) is 2. The van der Waals surface area contributed by atoms with Gasteiger partial charge in [0.25, 0.3) is 5.91 Å². The second-order valence-corrected chi connectivity index (χ2v) is 6.19. The largest absolute Gasteiger partial charge is 0.391 e. The van der Waals surface area contributed by atoms with Gasteiger partial charge in [0.05, 0.1) is 6.10 Å². The maximum Gasteiger partial charge on any atom is 0.275 e. The molecule has 7 heteroatoms. The SMILES string of the molecule is CCC(O)CN(Cc1ccccc1)C(=O)c1n[nH]c2c1CNCC2.Cl. The van der Waals surface area contributed by atoms with E-state index >= 15 is 0 Å². The molecule has 6 nitrogen and oxygen atoms in total. The summed E-state index contributed by atoms with van der Waals surface area (Å²) in [5, 5.41) is 20.6. The Labute approximate surface area is 154 Å². The monoisotopic (exact) mass is 364 g/mol. The number of aliphatic hydroxyl groups is 1. The van der Waals surface area contributed by atoms with E-state index in [-0.39, 0.29) is 18.3 Å². The summed E-state index contributed by atoms with van der Waals surface area (Å²) in [6, 6.07) is 9.83. The summed E-state index contributed by atoms with van der Waals surface area (Å²) in [4.78, 5) is 14.7. The van der Waals surface area contributed by atoms with Crippen molar-refractivity contribution < 1.29 is 9.90 Å². The Morgan fingerprint density at radius 1 is 1.36 bits per heavy atom. The minimum Gasteiger partial charge on any atom is -0.391 e. The van der Waals surface area contributed by atoms with Gasteiger partial charge < -0.3 is 15.3 Å². The van der Waals surface area contributed by atoms with Crippen LogP contribution in [0.25, 0.3) is 0 Å². The zero-order chi connectivity index (χ0) is 16.9. The first-order chi connectivity index (χ1) is 11.7. The van der Waals surface area contributed by atoms with E-state index in [1.54, 1.807) is 4.90 Å². The van der Waals surface area contributed by atoms with Gasteiger partial charge in [-0.25, -0.2) is 0 Å². The Balaban J connectivity index is 0.00000225. The van der Waals surface area contributed by atoms with Crippen LogP contribution in [0.15, 0.2) is 30.3 Å². The average Bonchev–Trinajstić information content (AvgIpc) is 3.05. The predicted octanol–water partition coefficient (Wildman–Crippen LogP) is 1.89. The molecule has 1 aliphatic heterocycles. The number of rotatable bonds is 6. The summed E-state index contributed by atoms with van der Waals surface area (Å²) < 4.78 is 0. The maximum atomic E-state index is 13.0. The Hall–Kier alpha value is -1.89. The van der Waals surface area contributed by atoms with Crippen LogP contribution in [-0.4, -0.2) is 45.3 Å². The number of nitrogens with one attached hydrogen (secondary N) is 2. The van der Waals surface area contributed by atoms with E-state index in [4.69, 9.17) is 0 Å². The molecule has 0 saturated heterocycles. The van der Waals surface area contributed by atoms with E-state index in [2.05, 4.69) is 15.5 Å². The minimum absolute atomic E-state index is 0. The molecule has 0 spiro atoms. The van der Waals surface area contributed by atoms with Gasteiger partial charge in [-0.15, -0.1) is 12.4 Å². The van der Waals surface area contributed by atoms with E-state index in [9.17, 15) is 9.90 Å². The Morgan fingerprint density at radius 3 is 2.84 bits per heavy atom. The lowest BCUT2D eigenvalue weighted by atomic mass is 10.1. The summed E-state index contributed by atoms with van der Waals surface area (Å²) in [6.45, 7) is 4.23. The number of benzene rings is 1. The topological polar surface area (TPSA) is 81.2 Å². The number of hydrogen-bond acceptors (Lipinski definition) is 4. The van der Waals surface area contributed by atoms with Gasteiger partial charge >= 0.3 is 0 Å². The molecule has 0 aliphatic carbocycles. The van der Waals surface area contributed by atoms with Crippen LogP contribution in [0.1, 0.15) is 40.7 Å². The third-order valence-electron chi connectivity index (χ3n) is 4.41. The fraction of sp³-hybridized carbons (Fsp3) is 0.444. The molecule has 1 atom stereocenters. The molecule has 0 radical (unpaired) electrons. The summed E-state index contributed by atoms with van der Waals surface area (Å²) in [5.41, 5.74) is 3.50. The second-order valence-electron chi connectivity index (χ2n) is 6.19. The van der Waals surface area contributed by atoms with Crippen molar-refractivity contribution in [1.29, 1.82) is 0 Å². The molecule has 0 bridgehead atoms. The van der Waals surface area contributed by atoms with Crippen molar-refractivity contribution in [1.82, 2.24) is 20.4 Å². The summed E-state index contributed by atoms with van der Waals surface area (Å²) >= 11 is 0. The summed E-state index contributed by atoms with van der Waals surface area (Å²) in [6.07, 6.45) is 0.926. The van der Waals surface area contributed by atoms with Crippen LogP contribution in [0.5, 0.6) is 0 Å². The van der Waals surface area contributed by atoms with Gasteiger partial charge in [0.1, 0.15) is 0 Å². The number of hydrogen-bond donors (Lipinski definition) is 3. The zero-order valence-corrected chi connectivity index (χ0v) is 15.2. The highest BCUT2D eigenvalue weighted by atomic mass is 35.5. The highest BCUT2D eigenvalue weighted by molar-refractivity contribution is 5.94. The first kappa shape index (κ1) is 19.4. The average molecular weight is 365 g/mol. The van der Waals surface area contributed by atoms with E-state index in [1.165, 1.54) is 0 Å². The fourth-order valence-corrected chi connectivity index (χ4v) is 2.96. The summed E-state index contributed by atoms with van der Waals surface area (Å²) in [5.74, 6) is -0.132. The number of halogens is 1. The van der Waals surface area contributed by atoms with E-state index < -0.39 is 6.10 Å². The van der Waals surface area contributed by atoms with Crippen molar-refractivity contribution in [2.24, 2.45) is 0 Å². The molecule has 1 amide bonds. The van der Waals surface area contributed by atoms with Crippen molar-refractivity contribution in [2.75, 3.05) is 13.1 Å². The number of amides is 1. The van der Waals surface area contributed by atoms with Crippen LogP contribution in [0, 0.1) is 0 Å². The molecule has 2 heterocycles. The quantitative estimate of drug-likeness (QED) is 0.731. The van der Waals surface area contributed by atoms with E-state index in [0.717, 1.165) is 29.8 Å². The molecule has 136 valence electrons. The van der Waals surface area contributed by atoms with Gasteiger partial charge in [-0.05, 0) is 12.0 Å². The highest BCUT2D eigenvalue weighted by Crippen LogP contribution is 2.18. The van der Waals surface area contributed by atoms with Crippen molar-refractivity contribution >= 4 is 18.3 Å². The molecule has 2 aromatic rings. The molecule has 3 N–H and O–H groups in total. The van der Waals surface area contributed by atoms with Gasteiger partial charge in [-0.2, -0.15) is 5.10 Å². The molecule has 1 unspecified atom stereocenters. The number of aromatic nitrogens is 2. The first-order valence-corrected chi connectivity index (χ1v) is 8.47. The minimum atomic E-state index is -0.537. The zero-order valence-electron chi connectivity index (χ0n) is 14.4. The standard InChI is InChI=1S/C18H24N4O2.ClH/c1-2-14(23)12-22(11-13-6-4-3-5-7-13)18(24)17-15-10-19-9-8-16(15)20-21-17;/h3-7,14,19,23H,2,8-12H2,1H3,(H,20,21);1H. The Bertz CT molecular complexity index is 690. The van der Waals surface area contributed by atoms with Gasteiger partial charge in [0.15, 0.2) is 5.69 Å². The van der Waals surface area contributed by atoms with E-state index in [0.29, 0.717) is 31.7 Å². The Morgan fingerprint density at radius 2 is 2.12 bits per heavy atom. The van der Waals surface area contributed by atoms with Crippen LogP contribution in [-0.2, 0) is 19.5 Å². The van der Waals surface area contributed by atoms with Crippen LogP contribution < -0.4 is 5.32 Å². The third-order valence-corrected chi connectivity index (χ3v) is 4.41. The number of aromatic amines is 1. The molecule has 0 fully saturated rings. The molecule has 3 rings (SSSR count). The van der Waals surface area contributed by atoms with Crippen LogP contribution in [0.3, 0.4) is 0 Å². The molecular formula is C18H25ClN4O2. The third kappa shape index (κ3) is 4.60. The van der Waals surface area contributed by atoms with Gasteiger partial charge in [-0.1, -0.05) is 37.3 Å². The smallest absolute Gasteiger partial charge is 0.275 e. The van der Waals surface area contributed by atoms with Crippen LogP contribution >= 0.6 is 12.4 Å². The first-order valence-electron chi connectivity index (χ1n) is 8.47. The molecule has 0 saturated carbocycles. The highest BCUT2D eigenvalue weighted by Gasteiger charge is 2.26. The maximum absolute atomic E-state index is 13.0. The lowest BCUT2D eigenvalue weighted by Crippen LogP contribution is -2.38. The number of fused-ring (bicyclic) bond motifs is 1. The number of carbonyl (C=O) groups is 1. The summed E-state index contributed by atoms with van der Waals surface area (Å²) in [7, 11) is 0.